The first-order chi connectivity index (χ1) is 4.67. The molecule has 0 radical (unpaired) electrons. The normalized spacial score (nSPS) is 40.4. The van der Waals surface area contributed by atoms with Gasteiger partial charge in [0.15, 0.2) is 0 Å². The lowest BCUT2D eigenvalue weighted by atomic mass is 9.88. The van der Waals surface area contributed by atoms with Gasteiger partial charge in [0, 0.05) is 11.5 Å². The molecule has 2 nitrogen and oxygen atoms in total. The summed E-state index contributed by atoms with van der Waals surface area (Å²) in [4.78, 5) is 0. The van der Waals surface area contributed by atoms with Crippen LogP contribution in [0.5, 0.6) is 0 Å². The van der Waals surface area contributed by atoms with Crippen LogP contribution in [0, 0.1) is 22.7 Å². The summed E-state index contributed by atoms with van der Waals surface area (Å²) < 4.78 is 0. The second kappa shape index (κ2) is 2.25. The second-order valence-electron chi connectivity index (χ2n) is 3.25. The minimum atomic E-state index is 0.132. The van der Waals surface area contributed by atoms with Crippen LogP contribution in [-0.2, 0) is 0 Å². The molecule has 56 valence electrons. The van der Waals surface area contributed by atoms with Crippen LogP contribution >= 0.6 is 0 Å². The molecule has 2 heteroatoms. The van der Waals surface area contributed by atoms with Crippen LogP contribution in [0.4, 0.5) is 0 Å². The van der Waals surface area contributed by atoms with Crippen LogP contribution in [0.3, 0.4) is 0 Å². The van der Waals surface area contributed by atoms with E-state index in [9.17, 15) is 0 Å². The van der Waals surface area contributed by atoms with E-state index in [1.54, 1.807) is 0 Å². The maximum atomic E-state index is 8.65. The molecule has 1 fully saturated rings. The van der Waals surface area contributed by atoms with E-state index in [-0.39, 0.29) is 17.4 Å². The van der Waals surface area contributed by atoms with Gasteiger partial charge in [-0.25, -0.2) is 0 Å². The highest BCUT2D eigenvalue weighted by Crippen LogP contribution is 2.53. The third kappa shape index (κ3) is 0.819. The predicted molar refractivity (Wildman–Crippen MR) is 40.1 cm³/mol. The van der Waals surface area contributed by atoms with E-state index < -0.39 is 0 Å². The summed E-state index contributed by atoms with van der Waals surface area (Å²) >= 11 is 0. The third-order valence-electron chi connectivity index (χ3n) is 2.89. The van der Waals surface area contributed by atoms with Crippen molar-refractivity contribution in [1.82, 2.24) is 0 Å². The molecule has 1 aliphatic rings. The SMILES string of the molecule is CCC1(C(C)C#N)CC1N. The van der Waals surface area contributed by atoms with Gasteiger partial charge in [-0.15, -0.1) is 0 Å². The van der Waals surface area contributed by atoms with Crippen molar-refractivity contribution in [2.24, 2.45) is 17.1 Å². The molecule has 2 N–H and O–H groups in total. The molecule has 3 atom stereocenters. The molecule has 0 aromatic carbocycles. The van der Waals surface area contributed by atoms with Gasteiger partial charge in [-0.05, 0) is 19.8 Å². The number of rotatable bonds is 2. The maximum Gasteiger partial charge on any atom is 0.0659 e. The first-order valence-corrected chi connectivity index (χ1v) is 3.82. The van der Waals surface area contributed by atoms with Crippen molar-refractivity contribution in [3.8, 4) is 6.07 Å². The summed E-state index contributed by atoms with van der Waals surface area (Å²) in [6.45, 7) is 4.08. The van der Waals surface area contributed by atoms with Gasteiger partial charge < -0.3 is 5.73 Å². The van der Waals surface area contributed by atoms with E-state index in [2.05, 4.69) is 13.0 Å². The van der Waals surface area contributed by atoms with Crippen LogP contribution in [0.2, 0.25) is 0 Å². The molecule has 0 aromatic heterocycles. The Hall–Kier alpha value is -0.550. The van der Waals surface area contributed by atoms with Gasteiger partial charge in [0.1, 0.15) is 0 Å². The minimum absolute atomic E-state index is 0.132. The largest absolute Gasteiger partial charge is 0.327 e. The fourth-order valence-electron chi connectivity index (χ4n) is 1.69. The lowest BCUT2D eigenvalue weighted by Crippen LogP contribution is -2.19. The van der Waals surface area contributed by atoms with Crippen LogP contribution in [0.15, 0.2) is 0 Å². The molecule has 3 unspecified atom stereocenters. The molecule has 0 heterocycles. The molecular weight excluding hydrogens is 124 g/mol. The summed E-state index contributed by atoms with van der Waals surface area (Å²) in [5.74, 6) is 0.132. The molecular formula is C8H14N2. The molecule has 0 saturated heterocycles. The number of hydrogen-bond acceptors (Lipinski definition) is 2. The summed E-state index contributed by atoms with van der Waals surface area (Å²) in [5, 5.41) is 8.65. The fourth-order valence-corrected chi connectivity index (χ4v) is 1.69. The Morgan fingerprint density at radius 2 is 2.40 bits per heavy atom. The molecule has 0 amide bonds. The first kappa shape index (κ1) is 7.56. The van der Waals surface area contributed by atoms with Crippen molar-refractivity contribution < 1.29 is 0 Å². The monoisotopic (exact) mass is 138 g/mol. The van der Waals surface area contributed by atoms with Crippen LogP contribution in [0.25, 0.3) is 0 Å². The summed E-state index contributed by atoms with van der Waals surface area (Å²) in [7, 11) is 0. The Morgan fingerprint density at radius 1 is 1.90 bits per heavy atom. The molecule has 1 aliphatic carbocycles. The zero-order valence-corrected chi connectivity index (χ0v) is 6.59. The zero-order valence-electron chi connectivity index (χ0n) is 6.59. The zero-order chi connectivity index (χ0) is 7.78. The minimum Gasteiger partial charge on any atom is -0.327 e. The van der Waals surface area contributed by atoms with Crippen molar-refractivity contribution in [2.45, 2.75) is 32.7 Å². The van der Waals surface area contributed by atoms with E-state index in [1.165, 1.54) is 0 Å². The van der Waals surface area contributed by atoms with E-state index in [1.807, 2.05) is 6.92 Å². The van der Waals surface area contributed by atoms with E-state index in [0.29, 0.717) is 0 Å². The Morgan fingerprint density at radius 3 is 2.50 bits per heavy atom. The lowest BCUT2D eigenvalue weighted by Gasteiger charge is -2.15. The van der Waals surface area contributed by atoms with Crippen LogP contribution in [-0.4, -0.2) is 6.04 Å². The van der Waals surface area contributed by atoms with E-state index in [0.717, 1.165) is 12.8 Å². The van der Waals surface area contributed by atoms with E-state index >= 15 is 0 Å². The molecule has 1 rings (SSSR count). The van der Waals surface area contributed by atoms with Gasteiger partial charge in [0.25, 0.3) is 0 Å². The highest BCUT2D eigenvalue weighted by molar-refractivity contribution is 5.12. The van der Waals surface area contributed by atoms with Gasteiger partial charge in [0.05, 0.1) is 12.0 Å². The fraction of sp³-hybridized carbons (Fsp3) is 0.875. The number of nitrogens with two attached hydrogens (primary N) is 1. The van der Waals surface area contributed by atoms with Gasteiger partial charge in [-0.1, -0.05) is 6.92 Å². The Kier molecular flexibility index (Phi) is 1.70. The lowest BCUT2D eigenvalue weighted by molar-refractivity contribution is 0.375. The van der Waals surface area contributed by atoms with E-state index in [4.69, 9.17) is 11.0 Å². The Balaban J connectivity index is 2.62. The Labute approximate surface area is 62.0 Å². The average Bonchev–Trinajstić information content (AvgIpc) is 2.61. The highest BCUT2D eigenvalue weighted by Gasteiger charge is 2.54. The summed E-state index contributed by atoms with van der Waals surface area (Å²) in [6.07, 6.45) is 2.08. The number of hydrogen-bond donors (Lipinski definition) is 1. The van der Waals surface area contributed by atoms with Crippen molar-refractivity contribution in [3.05, 3.63) is 0 Å². The summed E-state index contributed by atoms with van der Waals surface area (Å²) in [6, 6.07) is 2.55. The standard InChI is InChI=1S/C8H14N2/c1-3-8(4-7(8)10)6(2)5-9/h6-7H,3-4,10H2,1-2H3. The number of nitrogens with zero attached hydrogens (tertiary/aromatic N) is 1. The van der Waals surface area contributed by atoms with Crippen LogP contribution in [0.1, 0.15) is 26.7 Å². The quantitative estimate of drug-likeness (QED) is 0.624. The third-order valence-corrected chi connectivity index (χ3v) is 2.89. The van der Waals surface area contributed by atoms with Gasteiger partial charge in [-0.3, -0.25) is 0 Å². The number of nitriles is 1. The molecule has 0 aliphatic heterocycles. The topological polar surface area (TPSA) is 49.8 Å². The van der Waals surface area contributed by atoms with Crippen molar-refractivity contribution >= 4 is 0 Å². The van der Waals surface area contributed by atoms with Crippen LogP contribution < -0.4 is 5.73 Å². The van der Waals surface area contributed by atoms with Crippen molar-refractivity contribution in [2.75, 3.05) is 0 Å². The average molecular weight is 138 g/mol. The maximum absolute atomic E-state index is 8.65. The molecule has 10 heavy (non-hydrogen) atoms. The highest BCUT2D eigenvalue weighted by atomic mass is 14.8. The smallest absolute Gasteiger partial charge is 0.0659 e. The predicted octanol–water partition coefficient (Wildman–Crippen LogP) is 1.27. The Bertz CT molecular complexity index is 167. The van der Waals surface area contributed by atoms with Crippen molar-refractivity contribution in [1.29, 1.82) is 5.26 Å². The summed E-state index contributed by atoms with van der Waals surface area (Å²) in [5.41, 5.74) is 5.91. The molecule has 1 saturated carbocycles. The molecule has 0 spiro atoms. The van der Waals surface area contributed by atoms with Gasteiger partial charge in [0.2, 0.25) is 0 Å². The molecule has 0 bridgehead atoms. The van der Waals surface area contributed by atoms with Gasteiger partial charge >= 0.3 is 0 Å². The van der Waals surface area contributed by atoms with Crippen molar-refractivity contribution in [3.63, 3.8) is 0 Å². The second-order valence-corrected chi connectivity index (χ2v) is 3.25. The van der Waals surface area contributed by atoms with Gasteiger partial charge in [-0.2, -0.15) is 5.26 Å². The molecule has 0 aromatic rings. The first-order valence-electron chi connectivity index (χ1n) is 3.82.